The molecule has 6 nitrogen and oxygen atoms in total. The number of carbonyl (C=O) groups excluding carboxylic acids is 1. The second kappa shape index (κ2) is 6.78. The van der Waals surface area contributed by atoms with Crippen LogP contribution in [0, 0.1) is 10.1 Å². The first kappa shape index (κ1) is 15.5. The lowest BCUT2D eigenvalue weighted by Crippen LogP contribution is -1.97. The Hall–Kier alpha value is -3.41. The van der Waals surface area contributed by atoms with Gasteiger partial charge in [-0.15, -0.1) is 0 Å². The molecule has 0 amide bonds. The van der Waals surface area contributed by atoms with Crippen LogP contribution in [0.3, 0.4) is 0 Å². The van der Waals surface area contributed by atoms with E-state index in [1.807, 2.05) is 30.3 Å². The highest BCUT2D eigenvalue weighted by Gasteiger charge is 2.19. The average molecular weight is 323 g/mol. The molecule has 0 unspecified atom stereocenters. The predicted molar refractivity (Wildman–Crippen MR) is 87.0 cm³/mol. The van der Waals surface area contributed by atoms with Crippen molar-refractivity contribution in [3.63, 3.8) is 0 Å². The number of nitro benzene ring substituents is 1. The number of nitrogens with zero attached hydrogens (tertiary/aromatic N) is 1. The fourth-order valence-electron chi connectivity index (χ4n) is 2.26. The molecule has 0 saturated heterocycles. The standard InChI is InChI=1S/C18H13NO5/c20-11-15-7-9-18(24-15)16-8-6-14(10-17(16)19(21)22)23-12-13-4-2-1-3-5-13/h1-11H,12H2. The Morgan fingerprint density at radius 3 is 2.54 bits per heavy atom. The molecule has 120 valence electrons. The van der Waals surface area contributed by atoms with Crippen LogP contribution in [0.25, 0.3) is 11.3 Å². The zero-order valence-electron chi connectivity index (χ0n) is 12.5. The van der Waals surface area contributed by atoms with Gasteiger partial charge in [0.2, 0.25) is 0 Å². The van der Waals surface area contributed by atoms with E-state index in [4.69, 9.17) is 9.15 Å². The zero-order chi connectivity index (χ0) is 16.9. The molecule has 3 rings (SSSR count). The van der Waals surface area contributed by atoms with Crippen LogP contribution < -0.4 is 4.74 Å². The molecule has 0 aliphatic rings. The number of nitro groups is 1. The van der Waals surface area contributed by atoms with Crippen molar-refractivity contribution < 1.29 is 18.9 Å². The Morgan fingerprint density at radius 1 is 1.08 bits per heavy atom. The maximum atomic E-state index is 11.3. The number of hydrogen-bond donors (Lipinski definition) is 0. The molecule has 0 fully saturated rings. The topological polar surface area (TPSA) is 82.6 Å². The van der Waals surface area contributed by atoms with Crippen LogP contribution in [-0.4, -0.2) is 11.2 Å². The molecule has 3 aromatic rings. The lowest BCUT2D eigenvalue weighted by Gasteiger charge is -2.07. The van der Waals surface area contributed by atoms with Gasteiger partial charge in [-0.1, -0.05) is 30.3 Å². The lowest BCUT2D eigenvalue weighted by atomic mass is 10.1. The summed E-state index contributed by atoms with van der Waals surface area (Å²) in [5.41, 5.74) is 1.11. The van der Waals surface area contributed by atoms with E-state index in [1.165, 1.54) is 18.2 Å². The number of hydrogen-bond acceptors (Lipinski definition) is 5. The van der Waals surface area contributed by atoms with E-state index < -0.39 is 4.92 Å². The van der Waals surface area contributed by atoms with E-state index in [9.17, 15) is 14.9 Å². The first-order valence-electron chi connectivity index (χ1n) is 7.18. The number of carbonyl (C=O) groups is 1. The van der Waals surface area contributed by atoms with Gasteiger partial charge in [-0.25, -0.2) is 0 Å². The minimum atomic E-state index is -0.506. The van der Waals surface area contributed by atoms with E-state index in [0.29, 0.717) is 24.2 Å². The van der Waals surface area contributed by atoms with Crippen molar-refractivity contribution >= 4 is 12.0 Å². The zero-order valence-corrected chi connectivity index (χ0v) is 12.5. The van der Waals surface area contributed by atoms with Gasteiger partial charge >= 0.3 is 0 Å². The van der Waals surface area contributed by atoms with Crippen molar-refractivity contribution in [3.05, 3.63) is 82.1 Å². The van der Waals surface area contributed by atoms with Crippen LogP contribution >= 0.6 is 0 Å². The molecule has 0 saturated carbocycles. The SMILES string of the molecule is O=Cc1ccc(-c2ccc(OCc3ccccc3)cc2[N+](=O)[O-])o1. The van der Waals surface area contributed by atoms with Crippen LogP contribution in [0.4, 0.5) is 5.69 Å². The molecule has 24 heavy (non-hydrogen) atoms. The molecule has 0 radical (unpaired) electrons. The van der Waals surface area contributed by atoms with Crippen molar-refractivity contribution in [1.82, 2.24) is 0 Å². The quantitative estimate of drug-likeness (QED) is 0.385. The molecule has 0 spiro atoms. The summed E-state index contributed by atoms with van der Waals surface area (Å²) in [5, 5.41) is 11.3. The van der Waals surface area contributed by atoms with Gasteiger partial charge < -0.3 is 9.15 Å². The molecule has 0 aliphatic carbocycles. The monoisotopic (exact) mass is 323 g/mol. The molecule has 0 N–H and O–H groups in total. The van der Waals surface area contributed by atoms with E-state index in [2.05, 4.69) is 0 Å². The Kier molecular flexibility index (Phi) is 4.38. The van der Waals surface area contributed by atoms with Crippen molar-refractivity contribution in [2.45, 2.75) is 6.61 Å². The van der Waals surface area contributed by atoms with Gasteiger partial charge in [0, 0.05) is 0 Å². The van der Waals surface area contributed by atoms with E-state index in [0.717, 1.165) is 5.56 Å². The summed E-state index contributed by atoms with van der Waals surface area (Å²) >= 11 is 0. The largest absolute Gasteiger partial charge is 0.489 e. The van der Waals surface area contributed by atoms with Crippen LogP contribution in [-0.2, 0) is 6.61 Å². The van der Waals surface area contributed by atoms with Crippen molar-refractivity contribution in [2.24, 2.45) is 0 Å². The molecule has 1 aromatic heterocycles. The molecular weight excluding hydrogens is 310 g/mol. The molecule has 0 atom stereocenters. The lowest BCUT2D eigenvalue weighted by molar-refractivity contribution is -0.384. The number of furan rings is 1. The fraction of sp³-hybridized carbons (Fsp3) is 0.0556. The Labute approximate surface area is 137 Å². The summed E-state index contributed by atoms with van der Waals surface area (Å²) in [5.74, 6) is 0.763. The second-order valence-electron chi connectivity index (χ2n) is 5.03. The summed E-state index contributed by atoms with van der Waals surface area (Å²) in [6.07, 6.45) is 0.548. The summed E-state index contributed by atoms with van der Waals surface area (Å²) in [6, 6.07) is 17.0. The average Bonchev–Trinajstić information content (AvgIpc) is 3.09. The third-order valence-electron chi connectivity index (χ3n) is 3.42. The summed E-state index contributed by atoms with van der Waals surface area (Å²) in [4.78, 5) is 21.5. The predicted octanol–water partition coefficient (Wildman–Crippen LogP) is 4.25. The van der Waals surface area contributed by atoms with E-state index >= 15 is 0 Å². The highest BCUT2D eigenvalue weighted by atomic mass is 16.6. The number of ether oxygens (including phenoxy) is 1. The number of benzene rings is 2. The van der Waals surface area contributed by atoms with Gasteiger partial charge in [0.05, 0.1) is 16.6 Å². The summed E-state index contributed by atoms with van der Waals surface area (Å²) in [6.45, 7) is 0.313. The highest BCUT2D eigenvalue weighted by Crippen LogP contribution is 2.34. The van der Waals surface area contributed by atoms with Crippen molar-refractivity contribution in [1.29, 1.82) is 0 Å². The molecule has 0 bridgehead atoms. The summed E-state index contributed by atoms with van der Waals surface area (Å²) < 4.78 is 10.9. The van der Waals surface area contributed by atoms with Gasteiger partial charge in [0.15, 0.2) is 12.0 Å². The molecule has 1 heterocycles. The number of aldehydes is 1. The normalized spacial score (nSPS) is 10.3. The molecule has 0 aliphatic heterocycles. The minimum Gasteiger partial charge on any atom is -0.489 e. The Morgan fingerprint density at radius 2 is 1.88 bits per heavy atom. The highest BCUT2D eigenvalue weighted by molar-refractivity contribution is 5.76. The number of rotatable bonds is 6. The summed E-state index contributed by atoms with van der Waals surface area (Å²) in [7, 11) is 0. The molecular formula is C18H13NO5. The van der Waals surface area contributed by atoms with Crippen LogP contribution in [0.15, 0.2) is 65.1 Å². The van der Waals surface area contributed by atoms with Crippen molar-refractivity contribution in [2.75, 3.05) is 0 Å². The van der Waals surface area contributed by atoms with Gasteiger partial charge in [0.25, 0.3) is 5.69 Å². The van der Waals surface area contributed by atoms with Crippen molar-refractivity contribution in [3.8, 4) is 17.1 Å². The first-order chi connectivity index (χ1) is 11.7. The third-order valence-corrected chi connectivity index (χ3v) is 3.42. The van der Waals surface area contributed by atoms with Crippen LogP contribution in [0.1, 0.15) is 16.1 Å². The van der Waals surface area contributed by atoms with Crippen LogP contribution in [0.5, 0.6) is 5.75 Å². The Bertz CT molecular complexity index is 870. The minimum absolute atomic E-state index is 0.115. The maximum Gasteiger partial charge on any atom is 0.284 e. The van der Waals surface area contributed by atoms with Gasteiger partial charge in [0.1, 0.15) is 18.1 Å². The van der Waals surface area contributed by atoms with E-state index in [1.54, 1.807) is 12.1 Å². The van der Waals surface area contributed by atoms with Crippen LogP contribution in [0.2, 0.25) is 0 Å². The second-order valence-corrected chi connectivity index (χ2v) is 5.03. The molecule has 6 heteroatoms. The smallest absolute Gasteiger partial charge is 0.284 e. The van der Waals surface area contributed by atoms with Gasteiger partial charge in [-0.2, -0.15) is 0 Å². The van der Waals surface area contributed by atoms with Gasteiger partial charge in [-0.3, -0.25) is 14.9 Å². The fourth-order valence-corrected chi connectivity index (χ4v) is 2.26. The molecule has 2 aromatic carbocycles. The third kappa shape index (κ3) is 3.33. The maximum absolute atomic E-state index is 11.3. The Balaban J connectivity index is 1.87. The van der Waals surface area contributed by atoms with E-state index in [-0.39, 0.29) is 17.2 Å². The first-order valence-corrected chi connectivity index (χ1v) is 7.18. The van der Waals surface area contributed by atoms with Gasteiger partial charge in [-0.05, 0) is 29.8 Å².